The highest BCUT2D eigenvalue weighted by atomic mass is 16.4. The van der Waals surface area contributed by atoms with E-state index < -0.39 is 54.3 Å². The van der Waals surface area contributed by atoms with Gasteiger partial charge in [-0.1, -0.05) is 19.4 Å². The first-order valence-corrected chi connectivity index (χ1v) is 15.4. The smallest absolute Gasteiger partial charge is 0.335 e. The monoisotopic (exact) mass is 656 g/mol. The number of aliphatic carboxylic acids is 3. The number of aliphatic hydroxyl groups is 4. The normalized spacial score (nSPS) is 32.9. The highest BCUT2D eigenvalue weighted by Crippen LogP contribution is 2.66. The van der Waals surface area contributed by atoms with Crippen molar-refractivity contribution in [3.63, 3.8) is 0 Å². The van der Waals surface area contributed by atoms with Gasteiger partial charge >= 0.3 is 17.9 Å². The summed E-state index contributed by atoms with van der Waals surface area (Å²) in [7, 11) is 0. The van der Waals surface area contributed by atoms with Crippen LogP contribution in [0.2, 0.25) is 0 Å². The number of ketones is 2. The molecule has 3 saturated carbocycles. The molecule has 0 aliphatic heterocycles. The first-order valence-electron chi connectivity index (χ1n) is 15.4. The Balaban J connectivity index is 0.000000275. The van der Waals surface area contributed by atoms with Crippen LogP contribution in [0.15, 0.2) is 11.6 Å². The number of aliphatic hydroxyl groups excluding tert-OH is 4. The molecule has 4 aliphatic carbocycles. The largest absolute Gasteiger partial charge is 0.480 e. The molecule has 0 spiro atoms. The minimum atomic E-state index is -2.36. The zero-order valence-electron chi connectivity index (χ0n) is 26.4. The quantitative estimate of drug-likeness (QED) is 0.153. The van der Waals surface area contributed by atoms with Crippen LogP contribution < -0.4 is 11.5 Å². The van der Waals surface area contributed by atoms with E-state index >= 15 is 0 Å². The number of carboxylic acids is 3. The average Bonchev–Trinajstić information content (AvgIpc) is 3.33. The Morgan fingerprint density at radius 3 is 1.80 bits per heavy atom. The summed E-state index contributed by atoms with van der Waals surface area (Å²) < 4.78 is 0. The van der Waals surface area contributed by atoms with Crippen LogP contribution >= 0.6 is 0 Å². The summed E-state index contributed by atoms with van der Waals surface area (Å²) in [6, 6.07) is -1.16. The number of hydrogen-bond acceptors (Lipinski definition) is 11. The van der Waals surface area contributed by atoms with Gasteiger partial charge in [0, 0.05) is 12.3 Å². The number of carboxylic acid groups (broad SMARTS) is 3. The standard InChI is InChI=1S/C21H30O2.C6H10O8.C4H8N2O3/c1-13(22)17-6-7-18-16-5-4-14-12-15(23)8-10-20(14,2)19(16)9-11-21(17,18)3;7-1(3(9)5(11)12)2(8)4(10)6(13)14;5-2(4(8)9)1-3(6)7/h12,16-19H,4-11H2,1-3H3;1-4,7-10H,(H,11,12)(H,13,14);2H,1,5H2,(H2,6,7)(H,8,9)/t16-,17+,18-,19-,20-,21+;1-,2-,3-,4+;/m00./s1. The summed E-state index contributed by atoms with van der Waals surface area (Å²) in [5.41, 5.74) is 11.5. The highest BCUT2D eigenvalue weighted by molar-refractivity contribution is 5.91. The van der Waals surface area contributed by atoms with E-state index in [4.69, 9.17) is 41.5 Å². The molecule has 1 unspecified atom stereocenters. The first-order chi connectivity index (χ1) is 21.2. The van der Waals surface area contributed by atoms with Crippen LogP contribution in [-0.2, 0) is 28.8 Å². The van der Waals surface area contributed by atoms with Crippen LogP contribution in [0, 0.1) is 34.5 Å². The molecule has 260 valence electrons. The van der Waals surface area contributed by atoms with Gasteiger partial charge in [-0.25, -0.2) is 9.59 Å². The van der Waals surface area contributed by atoms with E-state index in [0.29, 0.717) is 17.5 Å². The summed E-state index contributed by atoms with van der Waals surface area (Å²) in [5.74, 6) is -2.31. The van der Waals surface area contributed by atoms with Crippen LogP contribution in [0.25, 0.3) is 0 Å². The van der Waals surface area contributed by atoms with E-state index in [1.54, 1.807) is 6.92 Å². The van der Waals surface area contributed by atoms with E-state index in [1.165, 1.54) is 31.3 Å². The van der Waals surface area contributed by atoms with Gasteiger partial charge in [-0.3, -0.25) is 19.2 Å². The lowest BCUT2D eigenvalue weighted by atomic mass is 9.47. The van der Waals surface area contributed by atoms with Crippen molar-refractivity contribution in [3.05, 3.63) is 11.6 Å². The summed E-state index contributed by atoms with van der Waals surface area (Å²) >= 11 is 0. The van der Waals surface area contributed by atoms with Crippen molar-refractivity contribution in [1.29, 1.82) is 0 Å². The molecule has 3 fully saturated rings. The first kappa shape index (κ1) is 38.9. The molecular formula is C31H48N2O13. The van der Waals surface area contributed by atoms with Gasteiger partial charge in [-0.05, 0) is 86.5 Å². The van der Waals surface area contributed by atoms with Crippen LogP contribution in [0.3, 0.4) is 0 Å². The Morgan fingerprint density at radius 2 is 1.37 bits per heavy atom. The molecular weight excluding hydrogens is 608 g/mol. The van der Waals surface area contributed by atoms with Crippen molar-refractivity contribution in [1.82, 2.24) is 0 Å². The number of amides is 1. The van der Waals surface area contributed by atoms with Gasteiger partial charge in [-0.2, -0.15) is 0 Å². The lowest BCUT2D eigenvalue weighted by Gasteiger charge is -2.58. The zero-order chi connectivity index (χ0) is 35.3. The van der Waals surface area contributed by atoms with E-state index in [-0.39, 0.29) is 17.3 Å². The van der Waals surface area contributed by atoms with Crippen molar-refractivity contribution in [3.8, 4) is 0 Å². The second kappa shape index (κ2) is 15.6. The Kier molecular flexibility index (Phi) is 13.2. The summed E-state index contributed by atoms with van der Waals surface area (Å²) in [5, 5.41) is 59.5. The number of carbonyl (C=O) groups is 6. The molecule has 46 heavy (non-hydrogen) atoms. The van der Waals surface area contributed by atoms with Gasteiger partial charge in [0.05, 0.1) is 6.42 Å². The topological polar surface area (TPSA) is 296 Å². The number of nitrogens with two attached hydrogens (primary N) is 2. The summed E-state index contributed by atoms with van der Waals surface area (Å²) in [6.07, 6.45) is 1.35. The van der Waals surface area contributed by atoms with Crippen LogP contribution in [0.1, 0.15) is 78.6 Å². The van der Waals surface area contributed by atoms with Gasteiger partial charge in [-0.15, -0.1) is 0 Å². The molecule has 0 bridgehead atoms. The number of fused-ring (bicyclic) bond motifs is 5. The molecule has 0 aromatic carbocycles. The zero-order valence-corrected chi connectivity index (χ0v) is 26.4. The number of hydrogen-bond donors (Lipinski definition) is 9. The third kappa shape index (κ3) is 8.56. The van der Waals surface area contributed by atoms with Crippen molar-refractivity contribution in [2.75, 3.05) is 0 Å². The lowest BCUT2D eigenvalue weighted by molar-refractivity contribution is -0.172. The predicted octanol–water partition coefficient (Wildman–Crippen LogP) is -0.404. The summed E-state index contributed by atoms with van der Waals surface area (Å²) in [6.45, 7) is 6.65. The Bertz CT molecular complexity index is 1200. The molecule has 0 heterocycles. The average molecular weight is 657 g/mol. The van der Waals surface area contributed by atoms with Gasteiger partial charge in [0.25, 0.3) is 0 Å². The van der Waals surface area contributed by atoms with Gasteiger partial charge in [0.1, 0.15) is 24.0 Å². The Labute approximate surface area is 266 Å². The van der Waals surface area contributed by atoms with Crippen LogP contribution in [0.4, 0.5) is 0 Å². The molecule has 4 aliphatic rings. The fraction of sp³-hybridized carbons (Fsp3) is 0.742. The van der Waals surface area contributed by atoms with Gasteiger partial charge in [0.2, 0.25) is 5.91 Å². The van der Waals surface area contributed by atoms with Gasteiger partial charge in [0.15, 0.2) is 18.0 Å². The third-order valence-corrected chi connectivity index (χ3v) is 10.7. The van der Waals surface area contributed by atoms with Crippen molar-refractivity contribution >= 4 is 35.4 Å². The number of rotatable bonds is 9. The van der Waals surface area contributed by atoms with Crippen molar-refractivity contribution in [2.45, 2.75) is 109 Å². The number of Topliss-reactive ketones (excluding diaryl/α,β-unsaturated/α-hetero) is 1. The maximum atomic E-state index is 12.1. The molecule has 11 N–H and O–H groups in total. The minimum Gasteiger partial charge on any atom is -0.480 e. The molecule has 1 amide bonds. The maximum absolute atomic E-state index is 12.1. The van der Waals surface area contributed by atoms with Crippen molar-refractivity contribution < 1.29 is 64.5 Å². The van der Waals surface area contributed by atoms with Crippen LogP contribution in [-0.4, -0.2) is 102 Å². The third-order valence-electron chi connectivity index (χ3n) is 10.7. The molecule has 0 aromatic rings. The van der Waals surface area contributed by atoms with Crippen LogP contribution in [0.5, 0.6) is 0 Å². The second-order valence-electron chi connectivity index (χ2n) is 13.4. The highest BCUT2D eigenvalue weighted by Gasteiger charge is 2.59. The van der Waals surface area contributed by atoms with E-state index in [9.17, 15) is 28.8 Å². The minimum absolute atomic E-state index is 0.245. The van der Waals surface area contributed by atoms with E-state index in [2.05, 4.69) is 19.6 Å². The number of allylic oxidation sites excluding steroid dienone is 1. The summed E-state index contributed by atoms with van der Waals surface area (Å²) in [4.78, 5) is 64.1. The SMILES string of the molecule is CC(=O)[C@H]1CC[C@H]2[C@@H]3CCC4=CC(=O)CC[C@]4(C)[C@H]3CC[C@]12C.NC(=O)CC(N)C(=O)O.O=C(O)[C@@H](O)[C@@H](O)[C@H](O)[C@@H](O)C(=O)O. The number of carbonyl (C=O) groups excluding carboxylic acids is 3. The predicted molar refractivity (Wildman–Crippen MR) is 160 cm³/mol. The Morgan fingerprint density at radius 1 is 0.826 bits per heavy atom. The van der Waals surface area contributed by atoms with E-state index in [0.717, 1.165) is 43.4 Å². The van der Waals surface area contributed by atoms with Crippen molar-refractivity contribution in [2.24, 2.45) is 46.0 Å². The Hall–Kier alpha value is -3.24. The number of primary amides is 1. The molecule has 11 atom stereocenters. The molecule has 0 saturated heterocycles. The van der Waals surface area contributed by atoms with Gasteiger partial charge < -0.3 is 47.2 Å². The fourth-order valence-corrected chi connectivity index (χ4v) is 8.20. The molecule has 15 heteroatoms. The molecule has 0 radical (unpaired) electrons. The molecule has 4 rings (SSSR count). The van der Waals surface area contributed by atoms with E-state index in [1.807, 2.05) is 6.08 Å². The molecule has 15 nitrogen and oxygen atoms in total. The lowest BCUT2D eigenvalue weighted by Crippen LogP contribution is -2.51. The maximum Gasteiger partial charge on any atom is 0.335 e. The fourth-order valence-electron chi connectivity index (χ4n) is 8.20. The molecule has 0 aromatic heterocycles. The second-order valence-corrected chi connectivity index (χ2v) is 13.4.